The van der Waals surface area contributed by atoms with E-state index in [-0.39, 0.29) is 0 Å². The van der Waals surface area contributed by atoms with Crippen molar-refractivity contribution in [1.29, 1.82) is 0 Å². The molecule has 0 heterocycles. The van der Waals surface area contributed by atoms with Gasteiger partial charge < -0.3 is 0 Å². The smallest absolute Gasteiger partial charge is 0.00176 e. The molecule has 0 amide bonds. The van der Waals surface area contributed by atoms with Crippen molar-refractivity contribution in [2.45, 2.75) is 116 Å². The number of fused-ring (bicyclic) bond motifs is 3. The second-order valence-electron chi connectivity index (χ2n) is 11.8. The van der Waals surface area contributed by atoms with Crippen LogP contribution in [0.4, 0.5) is 0 Å². The summed E-state index contributed by atoms with van der Waals surface area (Å²) in [5, 5.41) is 11.4. The van der Waals surface area contributed by atoms with Gasteiger partial charge in [0.05, 0.1) is 0 Å². The fourth-order valence-corrected chi connectivity index (χ4v) is 6.78. The van der Waals surface area contributed by atoms with Crippen molar-refractivity contribution < 1.29 is 0 Å². The van der Waals surface area contributed by atoms with E-state index in [4.69, 9.17) is 0 Å². The van der Waals surface area contributed by atoms with Gasteiger partial charge in [-0.15, -0.1) is 0 Å². The zero-order valence-electron chi connectivity index (χ0n) is 23.9. The maximum atomic E-state index is 2.42. The van der Waals surface area contributed by atoms with Crippen LogP contribution in [0.2, 0.25) is 0 Å². The van der Waals surface area contributed by atoms with Crippen LogP contribution in [0.5, 0.6) is 0 Å². The number of hydrogen-bond acceptors (Lipinski definition) is 0. The third kappa shape index (κ3) is 6.33. The van der Waals surface area contributed by atoms with Crippen LogP contribution in [0, 0.1) is 0 Å². The molecule has 0 saturated carbocycles. The Hall–Kier alpha value is -2.60. The Morgan fingerprint density at radius 1 is 0.368 bits per heavy atom. The SMILES string of the molecule is CCCCCCCCCCCCCCCCCCc1ccc2ccc3cccc4c5ccccc5c1c2c34. The maximum absolute atomic E-state index is 2.42. The Morgan fingerprint density at radius 2 is 0.842 bits per heavy atom. The second kappa shape index (κ2) is 14.0. The molecule has 0 unspecified atom stereocenters. The lowest BCUT2D eigenvalue weighted by Crippen LogP contribution is -1.93. The molecule has 5 aromatic rings. The molecule has 0 atom stereocenters. The molecule has 5 aromatic carbocycles. The predicted octanol–water partition coefficient (Wildman–Crippen LogP) is 12.5. The van der Waals surface area contributed by atoms with Crippen molar-refractivity contribution in [3.8, 4) is 0 Å². The van der Waals surface area contributed by atoms with Crippen molar-refractivity contribution in [3.63, 3.8) is 0 Å². The van der Waals surface area contributed by atoms with Crippen molar-refractivity contribution in [1.82, 2.24) is 0 Å². The average molecular weight is 505 g/mol. The van der Waals surface area contributed by atoms with E-state index in [1.807, 2.05) is 0 Å². The topological polar surface area (TPSA) is 0 Å². The van der Waals surface area contributed by atoms with Crippen molar-refractivity contribution in [2.24, 2.45) is 0 Å². The standard InChI is InChI=1S/C38H48/c1-2-3-4-5-6-7-8-9-10-11-12-13-14-15-16-17-21-30-26-28-32-29-27-31-22-20-25-35-33-23-18-19-24-34(33)36(30)38(32)37(31)35/h18-20,22-29H,2-17,21H2,1H3. The molecule has 0 radical (unpaired) electrons. The molecule has 0 fully saturated rings. The molecule has 0 aliphatic rings. The van der Waals surface area contributed by atoms with Crippen LogP contribution in [-0.4, -0.2) is 0 Å². The van der Waals surface area contributed by atoms with Gasteiger partial charge in [-0.2, -0.15) is 0 Å². The van der Waals surface area contributed by atoms with Gasteiger partial charge in [0.1, 0.15) is 0 Å². The third-order valence-electron chi connectivity index (χ3n) is 8.90. The highest BCUT2D eigenvalue weighted by Gasteiger charge is 2.15. The Kier molecular flexibility index (Phi) is 9.93. The van der Waals surface area contributed by atoms with E-state index < -0.39 is 0 Å². The zero-order chi connectivity index (χ0) is 26.0. The molecule has 0 nitrogen and oxygen atoms in total. The summed E-state index contributed by atoms with van der Waals surface area (Å²) in [5.41, 5.74) is 1.54. The lowest BCUT2D eigenvalue weighted by Gasteiger charge is -2.17. The zero-order valence-corrected chi connectivity index (χ0v) is 23.9. The van der Waals surface area contributed by atoms with Gasteiger partial charge >= 0.3 is 0 Å². The minimum Gasteiger partial charge on any atom is -0.0654 e. The summed E-state index contributed by atoms with van der Waals surface area (Å²) in [6.07, 6.45) is 24.0. The fourth-order valence-electron chi connectivity index (χ4n) is 6.78. The summed E-state index contributed by atoms with van der Waals surface area (Å²) in [7, 11) is 0. The first-order chi connectivity index (χ1) is 18.9. The van der Waals surface area contributed by atoms with Gasteiger partial charge in [-0.1, -0.05) is 170 Å². The fraction of sp³-hybridized carbons (Fsp3) is 0.474. The van der Waals surface area contributed by atoms with Crippen LogP contribution >= 0.6 is 0 Å². The molecule has 0 saturated heterocycles. The predicted molar refractivity (Wildman–Crippen MR) is 171 cm³/mol. The summed E-state index contributed by atoms with van der Waals surface area (Å²) < 4.78 is 0. The van der Waals surface area contributed by atoms with Crippen LogP contribution in [0.1, 0.15) is 115 Å². The largest absolute Gasteiger partial charge is 0.0654 e. The van der Waals surface area contributed by atoms with Crippen LogP contribution in [0.25, 0.3) is 43.1 Å². The number of aryl methyl sites for hydroxylation is 1. The molecule has 38 heavy (non-hydrogen) atoms. The lowest BCUT2D eigenvalue weighted by molar-refractivity contribution is 0.529. The molecular weight excluding hydrogens is 456 g/mol. The number of benzene rings is 5. The van der Waals surface area contributed by atoms with E-state index in [1.54, 1.807) is 0 Å². The lowest BCUT2D eigenvalue weighted by atomic mass is 9.86. The highest BCUT2D eigenvalue weighted by molar-refractivity contribution is 6.34. The van der Waals surface area contributed by atoms with Crippen LogP contribution < -0.4 is 0 Å². The number of unbranched alkanes of at least 4 members (excludes halogenated alkanes) is 15. The summed E-state index contributed by atoms with van der Waals surface area (Å²) in [6.45, 7) is 2.30. The van der Waals surface area contributed by atoms with Gasteiger partial charge in [-0.05, 0) is 61.5 Å². The normalized spacial score (nSPS) is 12.0. The number of rotatable bonds is 17. The van der Waals surface area contributed by atoms with E-state index in [9.17, 15) is 0 Å². The second-order valence-corrected chi connectivity index (χ2v) is 11.8. The molecule has 5 rings (SSSR count). The molecule has 0 bridgehead atoms. The van der Waals surface area contributed by atoms with Gasteiger partial charge in [-0.25, -0.2) is 0 Å². The Balaban J connectivity index is 1.09. The summed E-state index contributed by atoms with van der Waals surface area (Å²) in [4.78, 5) is 0. The van der Waals surface area contributed by atoms with E-state index >= 15 is 0 Å². The molecule has 0 aliphatic carbocycles. The highest BCUT2D eigenvalue weighted by atomic mass is 14.2. The van der Waals surface area contributed by atoms with Crippen molar-refractivity contribution >= 4 is 43.1 Å². The third-order valence-corrected chi connectivity index (χ3v) is 8.90. The highest BCUT2D eigenvalue weighted by Crippen LogP contribution is 2.42. The average Bonchev–Trinajstić information content (AvgIpc) is 2.96. The molecule has 0 aromatic heterocycles. The first kappa shape index (κ1) is 27.0. The van der Waals surface area contributed by atoms with E-state index in [0.717, 1.165) is 0 Å². The van der Waals surface area contributed by atoms with Gasteiger partial charge in [0.25, 0.3) is 0 Å². The van der Waals surface area contributed by atoms with Gasteiger partial charge in [0, 0.05) is 0 Å². The molecule has 0 spiro atoms. The summed E-state index contributed by atoms with van der Waals surface area (Å²) >= 11 is 0. The maximum Gasteiger partial charge on any atom is -0.00176 e. The van der Waals surface area contributed by atoms with Crippen molar-refractivity contribution in [3.05, 3.63) is 72.3 Å². The minimum atomic E-state index is 1.19. The Labute approximate surface area is 231 Å². The monoisotopic (exact) mass is 504 g/mol. The van der Waals surface area contributed by atoms with Crippen LogP contribution in [-0.2, 0) is 6.42 Å². The number of hydrogen-bond donors (Lipinski definition) is 0. The Bertz CT molecular complexity index is 1410. The molecule has 0 heteroatoms. The molecule has 200 valence electrons. The summed E-state index contributed by atoms with van der Waals surface area (Å²) in [5.74, 6) is 0. The van der Waals surface area contributed by atoms with E-state index in [0.29, 0.717) is 0 Å². The van der Waals surface area contributed by atoms with Gasteiger partial charge in [-0.3, -0.25) is 0 Å². The molecule has 0 N–H and O–H groups in total. The first-order valence-electron chi connectivity index (χ1n) is 16.0. The first-order valence-corrected chi connectivity index (χ1v) is 16.0. The quantitative estimate of drug-likeness (QED) is 0.0671. The van der Waals surface area contributed by atoms with Gasteiger partial charge in [0.2, 0.25) is 0 Å². The Morgan fingerprint density at radius 3 is 1.47 bits per heavy atom. The van der Waals surface area contributed by atoms with Crippen LogP contribution in [0.3, 0.4) is 0 Å². The van der Waals surface area contributed by atoms with Crippen LogP contribution in [0.15, 0.2) is 66.7 Å². The van der Waals surface area contributed by atoms with E-state index in [2.05, 4.69) is 73.7 Å². The van der Waals surface area contributed by atoms with E-state index in [1.165, 1.54) is 158 Å². The summed E-state index contributed by atoms with van der Waals surface area (Å²) in [6, 6.07) is 25.3. The minimum absolute atomic E-state index is 1.19. The van der Waals surface area contributed by atoms with Gasteiger partial charge in [0.15, 0.2) is 0 Å². The van der Waals surface area contributed by atoms with Crippen molar-refractivity contribution in [2.75, 3.05) is 0 Å². The molecular formula is C38H48. The molecule has 0 aliphatic heterocycles.